The van der Waals surface area contributed by atoms with Gasteiger partial charge in [-0.25, -0.2) is 0 Å². The van der Waals surface area contributed by atoms with E-state index in [4.69, 9.17) is 11.6 Å². The Kier molecular flexibility index (Phi) is 4.22. The van der Waals surface area contributed by atoms with Crippen LogP contribution in [0.15, 0.2) is 42.5 Å². The quantitative estimate of drug-likeness (QED) is 0.910. The largest absolute Gasteiger partial charge is 0.326 e. The maximum atomic E-state index is 12.6. The summed E-state index contributed by atoms with van der Waals surface area (Å²) in [5.74, 6) is -0.542. The molecule has 1 aliphatic carbocycles. The molecule has 128 valence electrons. The van der Waals surface area contributed by atoms with Crippen molar-refractivity contribution in [3.05, 3.63) is 58.6 Å². The number of nitrogens with one attached hydrogen (secondary N) is 1. The zero-order chi connectivity index (χ0) is 17.4. The third-order valence-corrected chi connectivity index (χ3v) is 5.32. The summed E-state index contributed by atoms with van der Waals surface area (Å²) < 4.78 is 0. The molecule has 1 N–H and O–H groups in total. The lowest BCUT2D eigenvalue weighted by Crippen LogP contribution is -2.28. The molecule has 5 heteroatoms. The molecule has 1 fully saturated rings. The number of para-hydroxylation sites is 1. The molecule has 1 heterocycles. The lowest BCUT2D eigenvalue weighted by atomic mass is 10.1. The molecule has 0 saturated carbocycles. The second-order valence-electron chi connectivity index (χ2n) is 6.68. The number of carbonyl (C=O) groups excluding carboxylic acids is 2. The smallest absolute Gasteiger partial charge is 0.229 e. The first-order valence-corrected chi connectivity index (χ1v) is 8.97. The monoisotopic (exact) mass is 354 g/mol. The number of carbonyl (C=O) groups is 2. The molecule has 2 amide bonds. The Labute approximate surface area is 151 Å². The fourth-order valence-electron chi connectivity index (χ4n) is 3.68. The van der Waals surface area contributed by atoms with Crippen LogP contribution in [0.3, 0.4) is 0 Å². The maximum Gasteiger partial charge on any atom is 0.229 e. The van der Waals surface area contributed by atoms with Crippen LogP contribution in [0.1, 0.15) is 24.0 Å². The molecule has 0 radical (unpaired) electrons. The number of nitrogens with zero attached hydrogens (tertiary/aromatic N) is 1. The number of anilines is 2. The number of fused-ring (bicyclic) bond motifs is 1. The molecule has 4 rings (SSSR count). The van der Waals surface area contributed by atoms with Crippen molar-refractivity contribution < 1.29 is 9.59 Å². The van der Waals surface area contributed by atoms with Gasteiger partial charge in [-0.15, -0.1) is 0 Å². The van der Waals surface area contributed by atoms with Crippen LogP contribution < -0.4 is 10.2 Å². The van der Waals surface area contributed by atoms with E-state index in [1.165, 1.54) is 17.5 Å². The van der Waals surface area contributed by atoms with Gasteiger partial charge in [0.25, 0.3) is 0 Å². The molecule has 1 aliphatic heterocycles. The van der Waals surface area contributed by atoms with Crippen molar-refractivity contribution in [1.82, 2.24) is 0 Å². The lowest BCUT2D eigenvalue weighted by molar-refractivity contribution is -0.122. The van der Waals surface area contributed by atoms with E-state index >= 15 is 0 Å². The minimum Gasteiger partial charge on any atom is -0.326 e. The summed E-state index contributed by atoms with van der Waals surface area (Å²) in [5.41, 5.74) is 4.17. The van der Waals surface area contributed by atoms with Crippen LogP contribution in [0.2, 0.25) is 5.02 Å². The third kappa shape index (κ3) is 3.14. The molecule has 0 aromatic heterocycles. The topological polar surface area (TPSA) is 49.4 Å². The van der Waals surface area contributed by atoms with Gasteiger partial charge in [-0.05, 0) is 54.7 Å². The molecule has 0 bridgehead atoms. The van der Waals surface area contributed by atoms with Crippen LogP contribution in [0, 0.1) is 5.92 Å². The van der Waals surface area contributed by atoms with Gasteiger partial charge in [0.2, 0.25) is 11.8 Å². The second kappa shape index (κ2) is 6.52. The first kappa shape index (κ1) is 16.2. The number of hydrogen-bond acceptors (Lipinski definition) is 2. The number of halogens is 1. The summed E-state index contributed by atoms with van der Waals surface area (Å²) in [6.07, 6.45) is 3.58. The SMILES string of the molecule is O=C(Nc1ccc2c(c1)CCC2)C1CC(=O)N(c2ccccc2Cl)C1. The van der Waals surface area contributed by atoms with Gasteiger partial charge >= 0.3 is 0 Å². The van der Waals surface area contributed by atoms with Crippen molar-refractivity contribution in [3.63, 3.8) is 0 Å². The van der Waals surface area contributed by atoms with Crippen molar-refractivity contribution in [2.24, 2.45) is 5.92 Å². The minimum atomic E-state index is -0.364. The van der Waals surface area contributed by atoms with E-state index in [0.717, 1.165) is 18.5 Å². The Bertz CT molecular complexity index is 849. The Hall–Kier alpha value is -2.33. The van der Waals surface area contributed by atoms with E-state index in [-0.39, 0.29) is 24.2 Å². The Morgan fingerprint density at radius 2 is 1.92 bits per heavy atom. The first-order valence-electron chi connectivity index (χ1n) is 8.59. The van der Waals surface area contributed by atoms with Crippen molar-refractivity contribution >= 4 is 34.8 Å². The van der Waals surface area contributed by atoms with Crippen LogP contribution in [-0.4, -0.2) is 18.4 Å². The average molecular weight is 355 g/mol. The highest BCUT2D eigenvalue weighted by molar-refractivity contribution is 6.33. The molecule has 1 atom stereocenters. The fourth-order valence-corrected chi connectivity index (χ4v) is 3.92. The molecular weight excluding hydrogens is 336 g/mol. The highest BCUT2D eigenvalue weighted by Crippen LogP contribution is 2.32. The number of amides is 2. The predicted molar refractivity (Wildman–Crippen MR) is 99.0 cm³/mol. The summed E-state index contributed by atoms with van der Waals surface area (Å²) in [6, 6.07) is 13.3. The highest BCUT2D eigenvalue weighted by atomic mass is 35.5. The Morgan fingerprint density at radius 1 is 1.12 bits per heavy atom. The Morgan fingerprint density at radius 3 is 2.76 bits per heavy atom. The second-order valence-corrected chi connectivity index (χ2v) is 7.09. The van der Waals surface area contributed by atoms with Gasteiger partial charge in [-0.2, -0.15) is 0 Å². The number of hydrogen-bond donors (Lipinski definition) is 1. The number of rotatable bonds is 3. The molecule has 1 unspecified atom stereocenters. The fraction of sp³-hybridized carbons (Fsp3) is 0.300. The molecule has 25 heavy (non-hydrogen) atoms. The van der Waals surface area contributed by atoms with Gasteiger partial charge in [0, 0.05) is 18.7 Å². The van der Waals surface area contributed by atoms with Crippen molar-refractivity contribution in [3.8, 4) is 0 Å². The third-order valence-electron chi connectivity index (χ3n) is 5.01. The summed E-state index contributed by atoms with van der Waals surface area (Å²) in [4.78, 5) is 26.5. The standard InChI is InChI=1S/C20H19ClN2O2/c21-17-6-1-2-7-18(17)23-12-15(11-19(23)24)20(25)22-16-9-8-13-4-3-5-14(13)10-16/h1-2,6-10,15H,3-5,11-12H2,(H,22,25). The predicted octanol–water partition coefficient (Wildman–Crippen LogP) is 3.82. The first-order chi connectivity index (χ1) is 12.1. The zero-order valence-corrected chi connectivity index (χ0v) is 14.6. The van der Waals surface area contributed by atoms with Gasteiger partial charge in [0.1, 0.15) is 0 Å². The van der Waals surface area contributed by atoms with Gasteiger partial charge < -0.3 is 10.2 Å². The van der Waals surface area contributed by atoms with E-state index in [2.05, 4.69) is 17.4 Å². The number of aryl methyl sites for hydroxylation is 2. The van der Waals surface area contributed by atoms with Gasteiger partial charge in [0.15, 0.2) is 0 Å². The van der Waals surface area contributed by atoms with Crippen LogP contribution in [0.4, 0.5) is 11.4 Å². The molecule has 1 saturated heterocycles. The molecule has 4 nitrogen and oxygen atoms in total. The molecule has 2 aliphatic rings. The van der Waals surface area contributed by atoms with E-state index < -0.39 is 0 Å². The lowest BCUT2D eigenvalue weighted by Gasteiger charge is -2.18. The summed E-state index contributed by atoms with van der Waals surface area (Å²) in [6.45, 7) is 0.360. The summed E-state index contributed by atoms with van der Waals surface area (Å²) in [7, 11) is 0. The normalized spacial score (nSPS) is 19.2. The van der Waals surface area contributed by atoms with E-state index in [1.807, 2.05) is 18.2 Å². The van der Waals surface area contributed by atoms with Crippen LogP contribution >= 0.6 is 11.6 Å². The molecule has 2 aromatic carbocycles. The van der Waals surface area contributed by atoms with Crippen molar-refractivity contribution in [1.29, 1.82) is 0 Å². The highest BCUT2D eigenvalue weighted by Gasteiger charge is 2.35. The minimum absolute atomic E-state index is 0.0674. The zero-order valence-electron chi connectivity index (χ0n) is 13.8. The number of benzene rings is 2. The van der Waals surface area contributed by atoms with Crippen LogP contribution in [-0.2, 0) is 22.4 Å². The van der Waals surface area contributed by atoms with E-state index in [1.54, 1.807) is 17.0 Å². The molecule has 2 aromatic rings. The molecular formula is C20H19ClN2O2. The maximum absolute atomic E-state index is 12.6. The van der Waals surface area contributed by atoms with Crippen molar-refractivity contribution in [2.45, 2.75) is 25.7 Å². The van der Waals surface area contributed by atoms with Crippen LogP contribution in [0.5, 0.6) is 0 Å². The average Bonchev–Trinajstić information content (AvgIpc) is 3.21. The van der Waals surface area contributed by atoms with E-state index in [9.17, 15) is 9.59 Å². The van der Waals surface area contributed by atoms with E-state index in [0.29, 0.717) is 17.3 Å². The molecule has 0 spiro atoms. The van der Waals surface area contributed by atoms with Crippen LogP contribution in [0.25, 0.3) is 0 Å². The van der Waals surface area contributed by atoms with Crippen molar-refractivity contribution in [2.75, 3.05) is 16.8 Å². The van der Waals surface area contributed by atoms with Gasteiger partial charge in [-0.1, -0.05) is 29.8 Å². The van der Waals surface area contributed by atoms with Gasteiger partial charge in [-0.3, -0.25) is 9.59 Å². The summed E-state index contributed by atoms with van der Waals surface area (Å²) in [5, 5.41) is 3.49. The van der Waals surface area contributed by atoms with Gasteiger partial charge in [0.05, 0.1) is 16.6 Å². The summed E-state index contributed by atoms with van der Waals surface area (Å²) >= 11 is 6.19. The Balaban J connectivity index is 1.47.